The number of likely N-dealkylation sites (N-methyl/N-ethyl adjacent to an activating group) is 1. The third-order valence-electron chi connectivity index (χ3n) is 4.41. The summed E-state index contributed by atoms with van der Waals surface area (Å²) in [5.74, 6) is 0. The molecule has 0 heterocycles. The van der Waals surface area contributed by atoms with E-state index in [0.717, 1.165) is 24.2 Å². The Morgan fingerprint density at radius 1 is 0.957 bits per heavy atom. The summed E-state index contributed by atoms with van der Waals surface area (Å²) in [6.07, 6.45) is 0.0132. The van der Waals surface area contributed by atoms with Crippen LogP contribution in [0.3, 0.4) is 0 Å². The Hall–Kier alpha value is -1.35. The normalized spacial score (nSPS) is 12.5. The highest BCUT2D eigenvalue weighted by atomic mass is 35.5. The molecule has 0 aliphatic heterocycles. The van der Waals surface area contributed by atoms with Gasteiger partial charge in [-0.05, 0) is 30.5 Å². The van der Waals surface area contributed by atoms with E-state index < -0.39 is 0 Å². The van der Waals surface area contributed by atoms with E-state index in [1.165, 1.54) is 16.7 Å². The third kappa shape index (κ3) is 5.65. The molecule has 1 unspecified atom stereocenters. The number of ether oxygens (including phenoxy) is 1. The number of halogens is 1. The average Bonchev–Trinajstić information content (AvgIpc) is 2.53. The Morgan fingerprint density at radius 3 is 2.17 bits per heavy atom. The van der Waals surface area contributed by atoms with Crippen LogP contribution in [0.2, 0.25) is 0 Å². The number of aryl methyl sites for hydroxylation is 1. The lowest BCUT2D eigenvalue weighted by Gasteiger charge is -2.29. The van der Waals surface area contributed by atoms with Crippen molar-refractivity contribution in [3.8, 4) is 0 Å². The molecule has 2 aromatic carbocycles. The first-order valence-electron chi connectivity index (χ1n) is 8.07. The van der Waals surface area contributed by atoms with Gasteiger partial charge < -0.3 is 21.6 Å². The van der Waals surface area contributed by atoms with Crippen LogP contribution in [0.15, 0.2) is 54.6 Å². The van der Waals surface area contributed by atoms with E-state index in [9.17, 15) is 0 Å². The Bertz CT molecular complexity index is 583. The van der Waals surface area contributed by atoms with Crippen LogP contribution in [-0.2, 0) is 4.74 Å². The van der Waals surface area contributed by atoms with Gasteiger partial charge in [0.15, 0.2) is 0 Å². The topological polar surface area (TPSA) is 9.23 Å². The molecule has 0 radical (unpaired) electrons. The molecule has 1 atom stereocenters. The van der Waals surface area contributed by atoms with Gasteiger partial charge in [-0.15, -0.1) is 0 Å². The SMILES string of the molecule is CC[N+](C)(C)CCOC(c1ccccc1)c1ccccc1C.[Cl-]. The number of hydrogen-bond acceptors (Lipinski definition) is 1. The van der Waals surface area contributed by atoms with E-state index in [1.54, 1.807) is 0 Å². The van der Waals surface area contributed by atoms with Crippen molar-refractivity contribution in [2.75, 3.05) is 33.8 Å². The molecular formula is C20H28ClNO. The van der Waals surface area contributed by atoms with E-state index in [1.807, 2.05) is 0 Å². The van der Waals surface area contributed by atoms with Gasteiger partial charge in [0, 0.05) is 0 Å². The summed E-state index contributed by atoms with van der Waals surface area (Å²) in [6.45, 7) is 7.26. The lowest BCUT2D eigenvalue weighted by molar-refractivity contribution is -0.889. The zero-order valence-electron chi connectivity index (χ0n) is 14.6. The van der Waals surface area contributed by atoms with Crippen LogP contribution < -0.4 is 12.4 Å². The third-order valence-corrected chi connectivity index (χ3v) is 4.41. The van der Waals surface area contributed by atoms with Crippen molar-refractivity contribution >= 4 is 0 Å². The molecule has 0 N–H and O–H groups in total. The highest BCUT2D eigenvalue weighted by molar-refractivity contribution is 5.35. The molecule has 0 fully saturated rings. The van der Waals surface area contributed by atoms with E-state index >= 15 is 0 Å². The Morgan fingerprint density at radius 2 is 1.57 bits per heavy atom. The second kappa shape index (κ2) is 9.07. The maximum Gasteiger partial charge on any atom is 0.108 e. The van der Waals surface area contributed by atoms with Gasteiger partial charge in [-0.1, -0.05) is 54.6 Å². The predicted octanol–water partition coefficient (Wildman–Crippen LogP) is 1.20. The second-order valence-corrected chi connectivity index (χ2v) is 6.49. The van der Waals surface area contributed by atoms with Crippen molar-refractivity contribution in [1.82, 2.24) is 0 Å². The summed E-state index contributed by atoms with van der Waals surface area (Å²) in [5, 5.41) is 0. The molecule has 23 heavy (non-hydrogen) atoms. The first kappa shape index (κ1) is 19.7. The summed E-state index contributed by atoms with van der Waals surface area (Å²) in [4.78, 5) is 0. The van der Waals surface area contributed by atoms with Crippen LogP contribution in [0.25, 0.3) is 0 Å². The van der Waals surface area contributed by atoms with Crippen LogP contribution in [0.5, 0.6) is 0 Å². The van der Waals surface area contributed by atoms with Gasteiger partial charge in [0.05, 0.1) is 27.2 Å². The molecule has 0 saturated carbocycles. The second-order valence-electron chi connectivity index (χ2n) is 6.49. The summed E-state index contributed by atoms with van der Waals surface area (Å²) in [5.41, 5.74) is 3.76. The van der Waals surface area contributed by atoms with E-state index in [2.05, 4.69) is 82.5 Å². The largest absolute Gasteiger partial charge is 1.00 e. The van der Waals surface area contributed by atoms with Crippen LogP contribution >= 0.6 is 0 Å². The molecule has 3 heteroatoms. The molecule has 0 saturated heterocycles. The maximum absolute atomic E-state index is 6.32. The summed E-state index contributed by atoms with van der Waals surface area (Å²) < 4.78 is 7.30. The quantitative estimate of drug-likeness (QED) is 0.692. The zero-order chi connectivity index (χ0) is 16.0. The minimum atomic E-state index is 0. The molecule has 0 aliphatic carbocycles. The number of nitrogens with zero attached hydrogens (tertiary/aromatic N) is 1. The lowest BCUT2D eigenvalue weighted by atomic mass is 9.97. The minimum absolute atomic E-state index is 0. The molecule has 2 aromatic rings. The molecule has 2 nitrogen and oxygen atoms in total. The van der Waals surface area contributed by atoms with Crippen LogP contribution in [0.1, 0.15) is 29.7 Å². The summed E-state index contributed by atoms with van der Waals surface area (Å²) >= 11 is 0. The van der Waals surface area contributed by atoms with Crippen LogP contribution in [-0.4, -0.2) is 38.3 Å². The molecule has 0 spiro atoms. The smallest absolute Gasteiger partial charge is 0.108 e. The monoisotopic (exact) mass is 333 g/mol. The summed E-state index contributed by atoms with van der Waals surface area (Å²) in [7, 11) is 4.49. The van der Waals surface area contributed by atoms with Gasteiger partial charge in [0.25, 0.3) is 0 Å². The zero-order valence-corrected chi connectivity index (χ0v) is 15.4. The molecule has 0 aromatic heterocycles. The fraction of sp³-hybridized carbons (Fsp3) is 0.400. The van der Waals surface area contributed by atoms with Gasteiger partial charge in [-0.25, -0.2) is 0 Å². The fourth-order valence-corrected chi connectivity index (χ4v) is 2.45. The van der Waals surface area contributed by atoms with Gasteiger partial charge in [-0.2, -0.15) is 0 Å². The fourth-order valence-electron chi connectivity index (χ4n) is 2.45. The number of quaternary nitrogens is 1. The van der Waals surface area contributed by atoms with E-state index in [0.29, 0.717) is 0 Å². The number of benzene rings is 2. The van der Waals surface area contributed by atoms with Crippen molar-refractivity contribution in [3.63, 3.8) is 0 Å². The van der Waals surface area contributed by atoms with Gasteiger partial charge in [0.1, 0.15) is 12.6 Å². The van der Waals surface area contributed by atoms with E-state index in [-0.39, 0.29) is 18.5 Å². The number of hydrogen-bond donors (Lipinski definition) is 0. The highest BCUT2D eigenvalue weighted by Crippen LogP contribution is 2.28. The van der Waals surface area contributed by atoms with Gasteiger partial charge in [0.2, 0.25) is 0 Å². The highest BCUT2D eigenvalue weighted by Gasteiger charge is 2.18. The predicted molar refractivity (Wildman–Crippen MR) is 92.9 cm³/mol. The Kier molecular flexibility index (Phi) is 7.77. The molecular weight excluding hydrogens is 306 g/mol. The Labute approximate surface area is 147 Å². The van der Waals surface area contributed by atoms with Crippen molar-refractivity contribution in [2.45, 2.75) is 20.0 Å². The Balaban J connectivity index is 0.00000264. The average molecular weight is 334 g/mol. The standard InChI is InChI=1S/C20H28NO.ClH/c1-5-21(3,4)15-16-22-20(18-12-7-6-8-13-18)19-14-10-9-11-17(19)2;/h6-14,20H,5,15-16H2,1-4H3;1H/q+1;/p-1. The maximum atomic E-state index is 6.32. The van der Waals surface area contributed by atoms with Crippen molar-refractivity contribution < 1.29 is 21.6 Å². The molecule has 0 bridgehead atoms. The van der Waals surface area contributed by atoms with Crippen molar-refractivity contribution in [1.29, 1.82) is 0 Å². The van der Waals surface area contributed by atoms with Crippen LogP contribution in [0.4, 0.5) is 0 Å². The van der Waals surface area contributed by atoms with Crippen molar-refractivity contribution in [3.05, 3.63) is 71.3 Å². The molecule has 126 valence electrons. The van der Waals surface area contributed by atoms with Gasteiger partial charge >= 0.3 is 0 Å². The number of rotatable bonds is 7. The molecule has 0 aliphatic rings. The summed E-state index contributed by atoms with van der Waals surface area (Å²) in [6, 6.07) is 19.0. The van der Waals surface area contributed by atoms with Crippen molar-refractivity contribution in [2.24, 2.45) is 0 Å². The minimum Gasteiger partial charge on any atom is -1.00 e. The molecule has 0 amide bonds. The van der Waals surface area contributed by atoms with Crippen LogP contribution in [0, 0.1) is 6.92 Å². The first-order valence-corrected chi connectivity index (χ1v) is 8.07. The molecule has 2 rings (SSSR count). The van der Waals surface area contributed by atoms with Gasteiger partial charge in [-0.3, -0.25) is 0 Å². The first-order chi connectivity index (χ1) is 10.5. The lowest BCUT2D eigenvalue weighted by Crippen LogP contribution is -3.00. The van der Waals surface area contributed by atoms with E-state index in [4.69, 9.17) is 4.74 Å².